The zero-order valence-electron chi connectivity index (χ0n) is 8.79. The van der Waals surface area contributed by atoms with Crippen LogP contribution in [0.25, 0.3) is 0 Å². The quantitative estimate of drug-likeness (QED) is 0.734. The maximum atomic E-state index is 4.36. The van der Waals surface area contributed by atoms with Crippen molar-refractivity contribution in [1.29, 1.82) is 0 Å². The predicted molar refractivity (Wildman–Crippen MR) is 58.4 cm³/mol. The zero-order valence-corrected chi connectivity index (χ0v) is 8.79. The molecule has 1 aromatic heterocycles. The van der Waals surface area contributed by atoms with Crippen LogP contribution >= 0.6 is 0 Å². The smallest absolute Gasteiger partial charge is 0.0372 e. The third-order valence-corrected chi connectivity index (χ3v) is 2.98. The molecule has 2 rings (SSSR count). The fraction of sp³-hybridized carbons (Fsp3) is 0.583. The maximum Gasteiger partial charge on any atom is 0.0372 e. The summed E-state index contributed by atoms with van der Waals surface area (Å²) in [6, 6.07) is 4.35. The van der Waals surface area contributed by atoms with Gasteiger partial charge >= 0.3 is 0 Å². The minimum absolute atomic E-state index is 0.720. The van der Waals surface area contributed by atoms with Crippen LogP contribution in [0.2, 0.25) is 0 Å². The minimum Gasteiger partial charge on any atom is -0.317 e. The molecule has 0 radical (unpaired) electrons. The second-order valence-electron chi connectivity index (χ2n) is 4.11. The third kappa shape index (κ3) is 2.32. The Labute approximate surface area is 85.7 Å². The van der Waals surface area contributed by atoms with Gasteiger partial charge in [-0.05, 0) is 56.8 Å². The molecule has 0 saturated carbocycles. The molecule has 1 unspecified atom stereocenters. The predicted octanol–water partition coefficient (Wildman–Crippen LogP) is 2.25. The molecule has 14 heavy (non-hydrogen) atoms. The number of nitrogens with zero attached hydrogens (tertiary/aromatic N) is 1. The Bertz CT molecular complexity index is 271. The molecule has 1 aliphatic rings. The van der Waals surface area contributed by atoms with Crippen molar-refractivity contribution in [3.8, 4) is 0 Å². The number of rotatable bonds is 1. The molecule has 2 heteroatoms. The number of nitrogens with one attached hydrogen (secondary N) is 1. The monoisotopic (exact) mass is 190 g/mol. The molecule has 76 valence electrons. The van der Waals surface area contributed by atoms with E-state index in [4.69, 9.17) is 0 Å². The lowest BCUT2D eigenvalue weighted by Crippen LogP contribution is -2.13. The Morgan fingerprint density at radius 1 is 1.29 bits per heavy atom. The Morgan fingerprint density at radius 3 is 3.00 bits per heavy atom. The summed E-state index contributed by atoms with van der Waals surface area (Å²) in [5.41, 5.74) is 2.53. The fourth-order valence-electron chi connectivity index (χ4n) is 2.07. The van der Waals surface area contributed by atoms with Crippen LogP contribution in [0.5, 0.6) is 0 Å². The van der Waals surface area contributed by atoms with Crippen LogP contribution < -0.4 is 5.32 Å². The minimum atomic E-state index is 0.720. The molecule has 0 aliphatic carbocycles. The van der Waals surface area contributed by atoms with Gasteiger partial charge < -0.3 is 5.32 Å². The van der Waals surface area contributed by atoms with Crippen molar-refractivity contribution in [2.75, 3.05) is 13.1 Å². The zero-order chi connectivity index (χ0) is 9.80. The first kappa shape index (κ1) is 9.66. The highest BCUT2D eigenvalue weighted by molar-refractivity contribution is 5.18. The molecule has 0 bridgehead atoms. The lowest BCUT2D eigenvalue weighted by Gasteiger charge is -2.13. The van der Waals surface area contributed by atoms with Crippen molar-refractivity contribution in [3.05, 3.63) is 29.6 Å². The summed E-state index contributed by atoms with van der Waals surface area (Å²) < 4.78 is 0. The van der Waals surface area contributed by atoms with E-state index < -0.39 is 0 Å². The summed E-state index contributed by atoms with van der Waals surface area (Å²) in [4.78, 5) is 4.36. The van der Waals surface area contributed by atoms with E-state index in [0.29, 0.717) is 0 Å². The van der Waals surface area contributed by atoms with Crippen molar-refractivity contribution in [2.45, 2.75) is 32.1 Å². The first-order valence-corrected chi connectivity index (χ1v) is 5.49. The summed E-state index contributed by atoms with van der Waals surface area (Å²) in [5.74, 6) is 0.720. The average molecular weight is 190 g/mol. The molecular weight excluding hydrogens is 172 g/mol. The number of hydrogen-bond acceptors (Lipinski definition) is 2. The molecule has 1 N–H and O–H groups in total. The lowest BCUT2D eigenvalue weighted by molar-refractivity contribution is 0.607. The highest BCUT2D eigenvalue weighted by atomic mass is 14.8. The molecule has 1 fully saturated rings. The van der Waals surface area contributed by atoms with Crippen LogP contribution in [0.3, 0.4) is 0 Å². The molecular formula is C12H18N2. The lowest BCUT2D eigenvalue weighted by atomic mass is 9.93. The van der Waals surface area contributed by atoms with Gasteiger partial charge in [0.05, 0.1) is 0 Å². The molecule has 1 aromatic rings. The summed E-state index contributed by atoms with van der Waals surface area (Å²) >= 11 is 0. The summed E-state index contributed by atoms with van der Waals surface area (Å²) in [6.45, 7) is 4.37. The highest BCUT2D eigenvalue weighted by Crippen LogP contribution is 2.25. The second-order valence-corrected chi connectivity index (χ2v) is 4.11. The van der Waals surface area contributed by atoms with Crippen LogP contribution in [-0.4, -0.2) is 18.1 Å². The normalized spacial score (nSPS) is 23.1. The Kier molecular flexibility index (Phi) is 3.14. The molecule has 0 spiro atoms. The van der Waals surface area contributed by atoms with Crippen molar-refractivity contribution in [3.63, 3.8) is 0 Å². The second kappa shape index (κ2) is 4.56. The SMILES string of the molecule is Cc1ccc(C2CCCNCC2)cn1. The summed E-state index contributed by atoms with van der Waals surface area (Å²) in [5, 5.41) is 3.44. The van der Waals surface area contributed by atoms with Gasteiger partial charge in [0.25, 0.3) is 0 Å². The standard InChI is InChI=1S/C12H18N2/c1-10-4-5-12(9-14-10)11-3-2-7-13-8-6-11/h4-5,9,11,13H,2-3,6-8H2,1H3. The Hall–Kier alpha value is -0.890. The average Bonchev–Trinajstić information content (AvgIpc) is 2.47. The third-order valence-electron chi connectivity index (χ3n) is 2.98. The first-order valence-electron chi connectivity index (χ1n) is 5.49. The van der Waals surface area contributed by atoms with Gasteiger partial charge in [-0.2, -0.15) is 0 Å². The van der Waals surface area contributed by atoms with Gasteiger partial charge in [0, 0.05) is 11.9 Å². The van der Waals surface area contributed by atoms with Crippen molar-refractivity contribution >= 4 is 0 Å². The van der Waals surface area contributed by atoms with Gasteiger partial charge in [-0.15, -0.1) is 0 Å². The van der Waals surface area contributed by atoms with E-state index in [2.05, 4.69) is 22.4 Å². The van der Waals surface area contributed by atoms with Crippen LogP contribution in [0.4, 0.5) is 0 Å². The molecule has 1 saturated heterocycles. The van der Waals surface area contributed by atoms with E-state index in [1.54, 1.807) is 0 Å². The Balaban J connectivity index is 2.08. The van der Waals surface area contributed by atoms with E-state index in [1.165, 1.54) is 31.4 Å². The highest BCUT2D eigenvalue weighted by Gasteiger charge is 2.13. The number of pyridine rings is 1. The number of aryl methyl sites for hydroxylation is 1. The van der Waals surface area contributed by atoms with Gasteiger partial charge in [0.1, 0.15) is 0 Å². The van der Waals surface area contributed by atoms with Crippen LogP contribution in [0.15, 0.2) is 18.3 Å². The fourth-order valence-corrected chi connectivity index (χ4v) is 2.07. The van der Waals surface area contributed by atoms with E-state index in [9.17, 15) is 0 Å². The van der Waals surface area contributed by atoms with Crippen molar-refractivity contribution < 1.29 is 0 Å². The van der Waals surface area contributed by atoms with E-state index in [1.807, 2.05) is 13.1 Å². The van der Waals surface area contributed by atoms with Gasteiger partial charge in [-0.25, -0.2) is 0 Å². The number of aromatic nitrogens is 1. The molecule has 0 amide bonds. The summed E-state index contributed by atoms with van der Waals surface area (Å²) in [7, 11) is 0. The van der Waals surface area contributed by atoms with Crippen LogP contribution in [-0.2, 0) is 0 Å². The van der Waals surface area contributed by atoms with Gasteiger partial charge in [0.15, 0.2) is 0 Å². The first-order chi connectivity index (χ1) is 6.86. The topological polar surface area (TPSA) is 24.9 Å². The van der Waals surface area contributed by atoms with Gasteiger partial charge in [-0.3, -0.25) is 4.98 Å². The van der Waals surface area contributed by atoms with E-state index in [-0.39, 0.29) is 0 Å². The summed E-state index contributed by atoms with van der Waals surface area (Å²) in [6.07, 6.45) is 5.90. The van der Waals surface area contributed by atoms with Crippen LogP contribution in [0, 0.1) is 6.92 Å². The van der Waals surface area contributed by atoms with Crippen molar-refractivity contribution in [2.24, 2.45) is 0 Å². The maximum absolute atomic E-state index is 4.36. The largest absolute Gasteiger partial charge is 0.317 e. The molecule has 2 heterocycles. The van der Waals surface area contributed by atoms with Gasteiger partial charge in [0.2, 0.25) is 0 Å². The molecule has 1 aliphatic heterocycles. The molecule has 0 aromatic carbocycles. The van der Waals surface area contributed by atoms with Crippen LogP contribution in [0.1, 0.15) is 36.4 Å². The van der Waals surface area contributed by atoms with E-state index in [0.717, 1.165) is 18.2 Å². The number of hydrogen-bond donors (Lipinski definition) is 1. The van der Waals surface area contributed by atoms with Gasteiger partial charge in [-0.1, -0.05) is 6.07 Å². The van der Waals surface area contributed by atoms with E-state index >= 15 is 0 Å². The Morgan fingerprint density at radius 2 is 2.21 bits per heavy atom. The molecule has 1 atom stereocenters. The van der Waals surface area contributed by atoms with Crippen molar-refractivity contribution in [1.82, 2.24) is 10.3 Å². The molecule has 2 nitrogen and oxygen atoms in total.